The average Bonchev–Trinajstić information content (AvgIpc) is 3.07. The lowest BCUT2D eigenvalue weighted by molar-refractivity contribution is 0.0944. The van der Waals surface area contributed by atoms with Crippen molar-refractivity contribution in [2.75, 3.05) is 6.54 Å². The van der Waals surface area contributed by atoms with Crippen molar-refractivity contribution in [2.24, 2.45) is 5.73 Å². The molecule has 1 amide bonds. The van der Waals surface area contributed by atoms with Crippen molar-refractivity contribution in [3.8, 4) is 11.8 Å². The number of amides is 1. The molecular formula is C13H13N3OS2. The predicted molar refractivity (Wildman–Crippen MR) is 78.2 cm³/mol. The highest BCUT2D eigenvalue weighted by atomic mass is 32.1. The molecule has 6 heteroatoms. The molecule has 0 saturated carbocycles. The molecule has 98 valence electrons. The van der Waals surface area contributed by atoms with E-state index < -0.39 is 0 Å². The number of rotatable bonds is 3. The van der Waals surface area contributed by atoms with Gasteiger partial charge in [-0.15, -0.1) is 22.7 Å². The molecule has 0 aliphatic rings. The smallest absolute Gasteiger partial charge is 0.263 e. The molecule has 1 unspecified atom stereocenters. The summed E-state index contributed by atoms with van der Waals surface area (Å²) in [6.07, 6.45) is 1.73. The highest BCUT2D eigenvalue weighted by Gasteiger charge is 2.16. The maximum absolute atomic E-state index is 12.2. The molecule has 0 aromatic carbocycles. The third-order valence-electron chi connectivity index (χ3n) is 2.37. The zero-order valence-corrected chi connectivity index (χ0v) is 12.0. The van der Waals surface area contributed by atoms with Crippen molar-refractivity contribution in [1.29, 1.82) is 0 Å². The van der Waals surface area contributed by atoms with Gasteiger partial charge in [0.15, 0.2) is 0 Å². The van der Waals surface area contributed by atoms with Gasteiger partial charge < -0.3 is 11.1 Å². The Hall–Kier alpha value is -1.68. The number of hydrogen-bond acceptors (Lipinski definition) is 5. The molecule has 1 atom stereocenters. The molecule has 4 nitrogen and oxygen atoms in total. The van der Waals surface area contributed by atoms with Gasteiger partial charge in [0.2, 0.25) is 0 Å². The van der Waals surface area contributed by atoms with Crippen LogP contribution in [0.3, 0.4) is 0 Å². The third-order valence-corrected chi connectivity index (χ3v) is 4.24. The van der Waals surface area contributed by atoms with Crippen molar-refractivity contribution in [3.05, 3.63) is 38.5 Å². The van der Waals surface area contributed by atoms with E-state index in [9.17, 15) is 4.79 Å². The summed E-state index contributed by atoms with van der Waals surface area (Å²) in [5.41, 5.74) is 6.06. The molecule has 0 fully saturated rings. The average molecular weight is 291 g/mol. The van der Waals surface area contributed by atoms with Gasteiger partial charge in [-0.25, -0.2) is 4.98 Å². The molecule has 19 heavy (non-hydrogen) atoms. The van der Waals surface area contributed by atoms with Crippen LogP contribution in [-0.2, 0) is 0 Å². The fourth-order valence-electron chi connectivity index (χ4n) is 1.50. The molecule has 2 rings (SSSR count). The van der Waals surface area contributed by atoms with Crippen LogP contribution in [0.4, 0.5) is 0 Å². The number of nitrogens with two attached hydrogens (primary N) is 1. The summed E-state index contributed by atoms with van der Waals surface area (Å²) >= 11 is 2.90. The number of thiazole rings is 1. The van der Waals surface area contributed by atoms with E-state index >= 15 is 0 Å². The molecule has 0 radical (unpaired) electrons. The monoisotopic (exact) mass is 291 g/mol. The second kappa shape index (κ2) is 6.48. The quantitative estimate of drug-likeness (QED) is 0.850. The lowest BCUT2D eigenvalue weighted by Gasteiger charge is -2.10. The Labute approximate surface area is 119 Å². The maximum atomic E-state index is 12.2. The van der Waals surface area contributed by atoms with Gasteiger partial charge in [0.1, 0.15) is 9.88 Å². The lowest BCUT2D eigenvalue weighted by atomic mass is 10.2. The first kappa shape index (κ1) is 13.7. The van der Waals surface area contributed by atoms with E-state index in [1.165, 1.54) is 22.7 Å². The van der Waals surface area contributed by atoms with E-state index in [1.54, 1.807) is 6.20 Å². The normalized spacial score (nSPS) is 11.5. The van der Waals surface area contributed by atoms with Gasteiger partial charge in [-0.05, 0) is 18.4 Å². The van der Waals surface area contributed by atoms with Crippen LogP contribution in [0.1, 0.15) is 33.2 Å². The first-order valence-corrected chi connectivity index (χ1v) is 7.45. The fraction of sp³-hybridized carbons (Fsp3) is 0.231. The van der Waals surface area contributed by atoms with E-state index in [0.717, 1.165) is 10.6 Å². The summed E-state index contributed by atoms with van der Waals surface area (Å²) in [7, 11) is 0. The van der Waals surface area contributed by atoms with Gasteiger partial charge in [-0.2, -0.15) is 0 Å². The Kier molecular flexibility index (Phi) is 4.68. The number of thiophene rings is 1. The van der Waals surface area contributed by atoms with Crippen LogP contribution in [0.15, 0.2) is 23.0 Å². The Morgan fingerprint density at radius 3 is 3.05 bits per heavy atom. The SMILES string of the molecule is CC(NC(=O)c1sccc1C#CCN)c1nccs1. The minimum absolute atomic E-state index is 0.107. The number of carbonyl (C=O) groups excluding carboxylic acids is 1. The first-order valence-electron chi connectivity index (χ1n) is 5.69. The molecule has 0 bridgehead atoms. The third kappa shape index (κ3) is 3.41. The molecule has 2 aromatic rings. The van der Waals surface area contributed by atoms with Gasteiger partial charge >= 0.3 is 0 Å². The highest BCUT2D eigenvalue weighted by Crippen LogP contribution is 2.19. The van der Waals surface area contributed by atoms with Crippen molar-refractivity contribution >= 4 is 28.6 Å². The number of carbonyl (C=O) groups is 1. The van der Waals surface area contributed by atoms with Crippen LogP contribution in [0.5, 0.6) is 0 Å². The largest absolute Gasteiger partial charge is 0.342 e. The topological polar surface area (TPSA) is 68.0 Å². The molecule has 0 aliphatic carbocycles. The van der Waals surface area contributed by atoms with Crippen LogP contribution in [0, 0.1) is 11.8 Å². The van der Waals surface area contributed by atoms with Gasteiger partial charge in [0.05, 0.1) is 12.6 Å². The standard InChI is InChI=1S/C13H13N3OS2/c1-9(13-15-6-8-19-13)16-12(17)11-10(3-2-5-14)4-7-18-11/h4,6-9H,5,14H2,1H3,(H,16,17). The van der Waals surface area contributed by atoms with Crippen molar-refractivity contribution < 1.29 is 4.79 Å². The highest BCUT2D eigenvalue weighted by molar-refractivity contribution is 7.12. The van der Waals surface area contributed by atoms with Crippen molar-refractivity contribution in [2.45, 2.75) is 13.0 Å². The molecule has 0 spiro atoms. The maximum Gasteiger partial charge on any atom is 0.263 e. The second-order valence-electron chi connectivity index (χ2n) is 3.73. The van der Waals surface area contributed by atoms with Crippen LogP contribution in [0.2, 0.25) is 0 Å². The summed E-state index contributed by atoms with van der Waals surface area (Å²) in [6, 6.07) is 1.72. The van der Waals surface area contributed by atoms with Gasteiger partial charge in [-0.3, -0.25) is 4.79 Å². The van der Waals surface area contributed by atoms with E-state index in [-0.39, 0.29) is 18.5 Å². The zero-order chi connectivity index (χ0) is 13.7. The Bertz CT molecular complexity index is 607. The molecule has 0 aliphatic heterocycles. The van der Waals surface area contributed by atoms with Crippen molar-refractivity contribution in [1.82, 2.24) is 10.3 Å². The van der Waals surface area contributed by atoms with E-state index in [2.05, 4.69) is 22.1 Å². The fourth-order valence-corrected chi connectivity index (χ4v) is 2.90. The Morgan fingerprint density at radius 2 is 2.37 bits per heavy atom. The molecule has 2 aromatic heterocycles. The minimum atomic E-state index is -0.126. The predicted octanol–water partition coefficient (Wildman–Crippen LogP) is 2.01. The Balaban J connectivity index is 2.10. The van der Waals surface area contributed by atoms with Gasteiger partial charge in [-0.1, -0.05) is 11.8 Å². The molecule has 0 saturated heterocycles. The van der Waals surface area contributed by atoms with Crippen LogP contribution in [0.25, 0.3) is 0 Å². The number of nitrogens with one attached hydrogen (secondary N) is 1. The van der Waals surface area contributed by atoms with Crippen LogP contribution >= 0.6 is 22.7 Å². The minimum Gasteiger partial charge on any atom is -0.342 e. The number of hydrogen-bond donors (Lipinski definition) is 2. The Morgan fingerprint density at radius 1 is 1.53 bits per heavy atom. The first-order chi connectivity index (χ1) is 9.22. The van der Waals surface area contributed by atoms with E-state index in [4.69, 9.17) is 5.73 Å². The summed E-state index contributed by atoms with van der Waals surface area (Å²) in [5.74, 6) is 5.54. The summed E-state index contributed by atoms with van der Waals surface area (Å²) < 4.78 is 0. The van der Waals surface area contributed by atoms with Gasteiger partial charge in [0, 0.05) is 17.1 Å². The number of nitrogens with zero attached hydrogens (tertiary/aromatic N) is 1. The molecule has 2 heterocycles. The van der Waals surface area contributed by atoms with E-state index in [0.29, 0.717) is 4.88 Å². The van der Waals surface area contributed by atoms with Crippen LogP contribution in [-0.4, -0.2) is 17.4 Å². The van der Waals surface area contributed by atoms with Crippen LogP contribution < -0.4 is 11.1 Å². The molecular weight excluding hydrogens is 278 g/mol. The van der Waals surface area contributed by atoms with Crippen molar-refractivity contribution in [3.63, 3.8) is 0 Å². The molecule has 3 N–H and O–H groups in total. The number of aromatic nitrogens is 1. The zero-order valence-electron chi connectivity index (χ0n) is 10.3. The van der Waals surface area contributed by atoms with E-state index in [1.807, 2.05) is 23.8 Å². The summed E-state index contributed by atoms with van der Waals surface area (Å²) in [6.45, 7) is 2.20. The lowest BCUT2D eigenvalue weighted by Crippen LogP contribution is -2.26. The summed E-state index contributed by atoms with van der Waals surface area (Å²) in [5, 5.41) is 7.55. The summed E-state index contributed by atoms with van der Waals surface area (Å²) in [4.78, 5) is 17.0. The van der Waals surface area contributed by atoms with Gasteiger partial charge in [0.25, 0.3) is 5.91 Å². The second-order valence-corrected chi connectivity index (χ2v) is 5.58.